The molecular formula is C17H20N4O4S. The number of hydrogen-bond donors (Lipinski definition) is 2. The van der Waals surface area contributed by atoms with E-state index in [4.69, 9.17) is 9.47 Å². The molecule has 9 heteroatoms. The Morgan fingerprint density at radius 1 is 1.19 bits per heavy atom. The Balaban J connectivity index is 1.49. The van der Waals surface area contributed by atoms with Gasteiger partial charge in [-0.25, -0.2) is 0 Å². The fraction of sp³-hybridized carbons (Fsp3) is 0.412. The molecule has 2 N–H and O–H groups in total. The Hall–Kier alpha value is -2.68. The Kier molecular flexibility index (Phi) is 6.00. The van der Waals surface area contributed by atoms with Gasteiger partial charge >= 0.3 is 0 Å². The number of benzene rings is 1. The first kappa shape index (κ1) is 18.1. The number of aromatic nitrogens is 2. The van der Waals surface area contributed by atoms with Crippen molar-refractivity contribution >= 4 is 28.3 Å². The van der Waals surface area contributed by atoms with Crippen molar-refractivity contribution < 1.29 is 19.1 Å². The van der Waals surface area contributed by atoms with Gasteiger partial charge in [-0.1, -0.05) is 17.4 Å². The average Bonchev–Trinajstić information content (AvgIpc) is 3.02. The first-order chi connectivity index (χ1) is 12.6. The normalized spacial score (nSPS) is 14.2. The number of hydrogen-bond acceptors (Lipinski definition) is 7. The highest BCUT2D eigenvalue weighted by molar-refractivity contribution is 7.13. The topological polar surface area (TPSA) is 102 Å². The summed E-state index contributed by atoms with van der Waals surface area (Å²) in [6, 6.07) is 5.44. The van der Waals surface area contributed by atoms with E-state index in [2.05, 4.69) is 20.8 Å². The third-order valence-electron chi connectivity index (χ3n) is 3.83. The summed E-state index contributed by atoms with van der Waals surface area (Å²) >= 11 is 1.23. The lowest BCUT2D eigenvalue weighted by Gasteiger charge is -2.16. The summed E-state index contributed by atoms with van der Waals surface area (Å²) in [5, 5.41) is 13.3. The number of nitrogens with zero attached hydrogens (tertiary/aromatic N) is 2. The minimum atomic E-state index is -0.264. The van der Waals surface area contributed by atoms with Crippen LogP contribution in [0.4, 0.5) is 5.13 Å². The van der Waals surface area contributed by atoms with Gasteiger partial charge in [-0.2, -0.15) is 0 Å². The van der Waals surface area contributed by atoms with Crippen LogP contribution in [0.3, 0.4) is 0 Å². The SMILES string of the molecule is CC(NC(=O)CCC(=O)Nc1nncs1)c1ccc2c(c1)OCCCO2. The van der Waals surface area contributed by atoms with E-state index in [1.165, 1.54) is 16.8 Å². The molecule has 1 atom stereocenters. The first-order valence-electron chi connectivity index (χ1n) is 8.37. The van der Waals surface area contributed by atoms with Gasteiger partial charge in [0.25, 0.3) is 0 Å². The van der Waals surface area contributed by atoms with Crippen LogP contribution in [0, 0.1) is 0 Å². The molecule has 26 heavy (non-hydrogen) atoms. The number of rotatable bonds is 6. The van der Waals surface area contributed by atoms with Crippen molar-refractivity contribution in [1.29, 1.82) is 0 Å². The summed E-state index contributed by atoms with van der Waals surface area (Å²) < 4.78 is 11.3. The van der Waals surface area contributed by atoms with Crippen molar-refractivity contribution in [3.63, 3.8) is 0 Å². The monoisotopic (exact) mass is 376 g/mol. The molecule has 2 amide bonds. The summed E-state index contributed by atoms with van der Waals surface area (Å²) in [7, 11) is 0. The number of fused-ring (bicyclic) bond motifs is 1. The van der Waals surface area contributed by atoms with Gasteiger partial charge in [-0.3, -0.25) is 9.59 Å². The maximum absolute atomic E-state index is 12.1. The number of amides is 2. The molecule has 2 heterocycles. The van der Waals surface area contributed by atoms with E-state index in [1.54, 1.807) is 0 Å². The second-order valence-electron chi connectivity index (χ2n) is 5.84. The van der Waals surface area contributed by atoms with Crippen molar-refractivity contribution in [2.24, 2.45) is 0 Å². The molecule has 138 valence electrons. The standard InChI is InChI=1S/C17H20N4O4S/c1-11(12-3-4-13-14(9-12)25-8-2-7-24-13)19-15(22)5-6-16(23)20-17-21-18-10-26-17/h3-4,9-11H,2,5-8H2,1H3,(H,19,22)(H,20,21,23). The summed E-state index contributed by atoms with van der Waals surface area (Å²) in [4.78, 5) is 23.9. The zero-order valence-electron chi connectivity index (χ0n) is 14.4. The maximum Gasteiger partial charge on any atom is 0.226 e. The molecule has 0 aliphatic carbocycles. The summed E-state index contributed by atoms with van der Waals surface area (Å²) in [6.07, 6.45) is 1.02. The van der Waals surface area contributed by atoms with Crippen LogP contribution < -0.4 is 20.1 Å². The Morgan fingerprint density at radius 2 is 1.96 bits per heavy atom. The molecule has 1 aliphatic heterocycles. The highest BCUT2D eigenvalue weighted by atomic mass is 32.1. The molecule has 1 aromatic heterocycles. The van der Waals surface area contributed by atoms with E-state index in [-0.39, 0.29) is 30.7 Å². The lowest BCUT2D eigenvalue weighted by molar-refractivity contribution is -0.124. The van der Waals surface area contributed by atoms with Crippen LogP contribution in [0.5, 0.6) is 11.5 Å². The van der Waals surface area contributed by atoms with Crippen molar-refractivity contribution in [1.82, 2.24) is 15.5 Å². The molecule has 0 bridgehead atoms. The minimum absolute atomic E-state index is 0.0826. The largest absolute Gasteiger partial charge is 0.490 e. The number of carbonyl (C=O) groups is 2. The summed E-state index contributed by atoms with van der Waals surface area (Å²) in [5.74, 6) is 0.952. The predicted molar refractivity (Wildman–Crippen MR) is 96.4 cm³/mol. The number of anilines is 1. The van der Waals surface area contributed by atoms with Crippen molar-refractivity contribution in [3.8, 4) is 11.5 Å². The second kappa shape index (κ2) is 8.61. The van der Waals surface area contributed by atoms with Gasteiger partial charge in [0.2, 0.25) is 16.9 Å². The fourth-order valence-corrected chi connectivity index (χ4v) is 2.94. The zero-order chi connectivity index (χ0) is 18.4. The van der Waals surface area contributed by atoms with Crippen LogP contribution in [0.15, 0.2) is 23.7 Å². The van der Waals surface area contributed by atoms with Crippen molar-refractivity contribution in [2.45, 2.75) is 32.2 Å². The smallest absolute Gasteiger partial charge is 0.226 e. The third-order valence-corrected chi connectivity index (χ3v) is 4.44. The quantitative estimate of drug-likeness (QED) is 0.802. The van der Waals surface area contributed by atoms with E-state index >= 15 is 0 Å². The molecule has 0 radical (unpaired) electrons. The van der Waals surface area contributed by atoms with Crippen LogP contribution in [-0.2, 0) is 9.59 Å². The molecule has 3 rings (SSSR count). The van der Waals surface area contributed by atoms with Crippen LogP contribution in [-0.4, -0.2) is 35.2 Å². The highest BCUT2D eigenvalue weighted by Crippen LogP contribution is 2.32. The van der Waals surface area contributed by atoms with E-state index in [0.717, 1.165) is 17.7 Å². The first-order valence-corrected chi connectivity index (χ1v) is 9.24. The highest BCUT2D eigenvalue weighted by Gasteiger charge is 2.16. The van der Waals surface area contributed by atoms with Gasteiger partial charge < -0.3 is 20.1 Å². The van der Waals surface area contributed by atoms with Gasteiger partial charge in [0, 0.05) is 19.3 Å². The summed E-state index contributed by atoms with van der Waals surface area (Å²) in [6.45, 7) is 3.14. The average molecular weight is 376 g/mol. The molecular weight excluding hydrogens is 356 g/mol. The van der Waals surface area contributed by atoms with Crippen LogP contribution in [0.25, 0.3) is 0 Å². The molecule has 1 aliphatic rings. The molecule has 0 saturated carbocycles. The van der Waals surface area contributed by atoms with Crippen LogP contribution in [0.2, 0.25) is 0 Å². The van der Waals surface area contributed by atoms with Crippen molar-refractivity contribution in [3.05, 3.63) is 29.3 Å². The summed E-state index contributed by atoms with van der Waals surface area (Å²) in [5.41, 5.74) is 2.44. The molecule has 0 saturated heterocycles. The second-order valence-corrected chi connectivity index (χ2v) is 6.67. The van der Waals surface area contributed by atoms with Crippen LogP contribution in [0.1, 0.15) is 37.8 Å². The molecule has 0 fully saturated rings. The van der Waals surface area contributed by atoms with Crippen molar-refractivity contribution in [2.75, 3.05) is 18.5 Å². The molecule has 1 aromatic carbocycles. The number of ether oxygens (including phenoxy) is 2. The zero-order valence-corrected chi connectivity index (χ0v) is 15.2. The van der Waals surface area contributed by atoms with E-state index in [1.807, 2.05) is 25.1 Å². The maximum atomic E-state index is 12.1. The number of carbonyl (C=O) groups excluding carboxylic acids is 2. The Labute approximate surface area is 154 Å². The van der Waals surface area contributed by atoms with Gasteiger partial charge in [0.1, 0.15) is 5.51 Å². The Morgan fingerprint density at radius 3 is 2.73 bits per heavy atom. The van der Waals surface area contributed by atoms with Gasteiger partial charge in [0.05, 0.1) is 19.3 Å². The molecule has 8 nitrogen and oxygen atoms in total. The van der Waals surface area contributed by atoms with Gasteiger partial charge in [0.15, 0.2) is 11.5 Å². The third kappa shape index (κ3) is 4.92. The number of nitrogens with one attached hydrogen (secondary N) is 2. The molecule has 1 unspecified atom stereocenters. The lowest BCUT2D eigenvalue weighted by Crippen LogP contribution is -2.27. The van der Waals surface area contributed by atoms with E-state index in [9.17, 15) is 9.59 Å². The predicted octanol–water partition coefficient (Wildman–Crippen LogP) is 2.30. The molecule has 0 spiro atoms. The van der Waals surface area contributed by atoms with Gasteiger partial charge in [-0.05, 0) is 24.6 Å². The van der Waals surface area contributed by atoms with Gasteiger partial charge in [-0.15, -0.1) is 10.2 Å². The fourth-order valence-electron chi connectivity index (χ4n) is 2.48. The van der Waals surface area contributed by atoms with E-state index < -0.39 is 0 Å². The molecule has 2 aromatic rings. The van der Waals surface area contributed by atoms with Crippen LogP contribution >= 0.6 is 11.3 Å². The lowest BCUT2D eigenvalue weighted by atomic mass is 10.1. The Bertz CT molecular complexity index is 766. The van der Waals surface area contributed by atoms with E-state index in [0.29, 0.717) is 24.1 Å². The minimum Gasteiger partial charge on any atom is -0.490 e.